The number of cyclic esters (lactones) is 1. The summed E-state index contributed by atoms with van der Waals surface area (Å²) in [7, 11) is 3.19. The van der Waals surface area contributed by atoms with Crippen molar-refractivity contribution in [2.24, 2.45) is 5.92 Å². The molecule has 1 aliphatic carbocycles. The van der Waals surface area contributed by atoms with Crippen LogP contribution in [0.5, 0.6) is 23.0 Å². The number of carbonyl (C=O) groups excluding carboxylic acids is 1. The Morgan fingerprint density at radius 2 is 1.85 bits per heavy atom. The molecule has 138 valence electrons. The van der Waals surface area contributed by atoms with Gasteiger partial charge in [0.25, 0.3) is 0 Å². The second-order valence-corrected chi connectivity index (χ2v) is 6.69. The summed E-state index contributed by atoms with van der Waals surface area (Å²) in [5, 5.41) is 0. The predicted molar refractivity (Wildman–Crippen MR) is 96.3 cm³/mol. The number of ether oxygens (including phenoxy) is 5. The smallest absolute Gasteiger partial charge is 0.335 e. The highest BCUT2D eigenvalue weighted by atomic mass is 16.7. The fourth-order valence-corrected chi connectivity index (χ4v) is 4.12. The second kappa shape index (κ2) is 5.94. The maximum Gasteiger partial charge on any atom is 0.335 e. The van der Waals surface area contributed by atoms with Crippen molar-refractivity contribution in [3.8, 4) is 23.0 Å². The standard InChI is InChI=1S/C21H18O6/c1-23-14-5-3-12(8-16(14)24-2)17-18-11(4-6-15-20(18)27-10-26-15)7-13-9-25-21(22)19(13)17/h3-6,8,13H,7,9-10H2,1-2H3/t13-/m0/s1. The zero-order chi connectivity index (χ0) is 18.5. The highest BCUT2D eigenvalue weighted by Crippen LogP contribution is 2.50. The van der Waals surface area contributed by atoms with Crippen molar-refractivity contribution in [3.05, 3.63) is 52.6 Å². The van der Waals surface area contributed by atoms with Gasteiger partial charge in [-0.3, -0.25) is 0 Å². The van der Waals surface area contributed by atoms with Crippen LogP contribution in [0, 0.1) is 5.92 Å². The number of benzene rings is 2. The van der Waals surface area contributed by atoms with Crippen LogP contribution in [0.3, 0.4) is 0 Å². The summed E-state index contributed by atoms with van der Waals surface area (Å²) in [4.78, 5) is 12.6. The van der Waals surface area contributed by atoms with E-state index in [9.17, 15) is 4.79 Å². The Morgan fingerprint density at radius 1 is 1.00 bits per heavy atom. The summed E-state index contributed by atoms with van der Waals surface area (Å²) in [6.07, 6.45) is 0.740. The molecule has 3 aliphatic rings. The molecular weight excluding hydrogens is 348 g/mol. The van der Waals surface area contributed by atoms with Gasteiger partial charge in [0.15, 0.2) is 23.0 Å². The third-order valence-electron chi connectivity index (χ3n) is 5.33. The van der Waals surface area contributed by atoms with Gasteiger partial charge in [0, 0.05) is 17.1 Å². The number of rotatable bonds is 3. The van der Waals surface area contributed by atoms with E-state index < -0.39 is 0 Å². The number of hydrogen-bond donors (Lipinski definition) is 0. The molecule has 0 aromatic heterocycles. The van der Waals surface area contributed by atoms with Gasteiger partial charge in [0.2, 0.25) is 6.79 Å². The zero-order valence-corrected chi connectivity index (χ0v) is 15.0. The minimum absolute atomic E-state index is 0.0356. The summed E-state index contributed by atoms with van der Waals surface area (Å²) in [6.45, 7) is 0.576. The van der Waals surface area contributed by atoms with Crippen LogP contribution in [0.25, 0.3) is 5.57 Å². The van der Waals surface area contributed by atoms with Crippen molar-refractivity contribution in [1.82, 2.24) is 0 Å². The molecule has 1 saturated heterocycles. The van der Waals surface area contributed by atoms with Crippen LogP contribution in [0.2, 0.25) is 0 Å². The molecular formula is C21H18O6. The van der Waals surface area contributed by atoms with Crippen LogP contribution in [0.4, 0.5) is 0 Å². The van der Waals surface area contributed by atoms with Gasteiger partial charge in [-0.1, -0.05) is 12.1 Å². The third kappa shape index (κ3) is 2.29. The van der Waals surface area contributed by atoms with Gasteiger partial charge < -0.3 is 23.7 Å². The van der Waals surface area contributed by atoms with E-state index >= 15 is 0 Å². The first-order valence-electron chi connectivity index (χ1n) is 8.76. The van der Waals surface area contributed by atoms with E-state index in [1.807, 2.05) is 30.3 Å². The number of methoxy groups -OCH3 is 2. The first kappa shape index (κ1) is 16.1. The van der Waals surface area contributed by atoms with E-state index in [0.29, 0.717) is 35.2 Å². The van der Waals surface area contributed by atoms with E-state index in [1.165, 1.54) is 0 Å². The van der Waals surface area contributed by atoms with Crippen LogP contribution in [0.15, 0.2) is 35.9 Å². The fraction of sp³-hybridized carbons (Fsp3) is 0.286. The van der Waals surface area contributed by atoms with Crippen LogP contribution in [-0.2, 0) is 16.0 Å². The van der Waals surface area contributed by atoms with Crippen LogP contribution >= 0.6 is 0 Å². The van der Waals surface area contributed by atoms with Crippen molar-refractivity contribution in [2.45, 2.75) is 6.42 Å². The Bertz CT molecular complexity index is 990. The van der Waals surface area contributed by atoms with E-state index in [1.54, 1.807) is 14.2 Å². The lowest BCUT2D eigenvalue weighted by molar-refractivity contribution is -0.135. The van der Waals surface area contributed by atoms with Crippen molar-refractivity contribution in [2.75, 3.05) is 27.6 Å². The largest absolute Gasteiger partial charge is 0.493 e. The van der Waals surface area contributed by atoms with E-state index in [0.717, 1.165) is 28.7 Å². The SMILES string of the molecule is COc1ccc(C2=C3C(=O)OC[C@@H]3Cc3ccc4c(c32)OCO4)cc1OC. The maximum absolute atomic E-state index is 12.6. The van der Waals surface area contributed by atoms with Crippen molar-refractivity contribution in [3.63, 3.8) is 0 Å². The molecule has 0 unspecified atom stereocenters. The maximum atomic E-state index is 12.6. The Labute approximate surface area is 156 Å². The Balaban J connectivity index is 1.80. The minimum atomic E-state index is -0.271. The molecule has 6 nitrogen and oxygen atoms in total. The predicted octanol–water partition coefficient (Wildman–Crippen LogP) is 2.96. The molecule has 1 atom stereocenters. The molecule has 0 N–H and O–H groups in total. The van der Waals surface area contributed by atoms with Crippen molar-refractivity contribution in [1.29, 1.82) is 0 Å². The van der Waals surface area contributed by atoms with Gasteiger partial charge in [-0.15, -0.1) is 0 Å². The highest BCUT2D eigenvalue weighted by Gasteiger charge is 2.41. The van der Waals surface area contributed by atoms with Gasteiger partial charge in [-0.25, -0.2) is 4.79 Å². The average molecular weight is 366 g/mol. The number of esters is 1. The molecule has 0 amide bonds. The van der Waals surface area contributed by atoms with Crippen LogP contribution in [-0.4, -0.2) is 33.6 Å². The molecule has 2 aromatic carbocycles. The Morgan fingerprint density at radius 3 is 2.67 bits per heavy atom. The summed E-state index contributed by atoms with van der Waals surface area (Å²) in [5.41, 5.74) is 4.40. The summed E-state index contributed by atoms with van der Waals surface area (Å²) >= 11 is 0. The van der Waals surface area contributed by atoms with E-state index in [4.69, 9.17) is 23.7 Å². The van der Waals surface area contributed by atoms with Crippen LogP contribution in [0.1, 0.15) is 16.7 Å². The highest BCUT2D eigenvalue weighted by molar-refractivity contribution is 6.06. The van der Waals surface area contributed by atoms with Gasteiger partial charge in [0.05, 0.1) is 26.4 Å². The monoisotopic (exact) mass is 366 g/mol. The summed E-state index contributed by atoms with van der Waals surface area (Å²) in [6, 6.07) is 9.62. The fourth-order valence-electron chi connectivity index (χ4n) is 4.12. The van der Waals surface area contributed by atoms with Gasteiger partial charge in [-0.2, -0.15) is 0 Å². The van der Waals surface area contributed by atoms with Crippen molar-refractivity contribution >= 4 is 11.5 Å². The van der Waals surface area contributed by atoms with Crippen molar-refractivity contribution < 1.29 is 28.5 Å². The molecule has 2 aliphatic heterocycles. The quantitative estimate of drug-likeness (QED) is 0.779. The molecule has 1 fully saturated rings. The number of hydrogen-bond acceptors (Lipinski definition) is 6. The minimum Gasteiger partial charge on any atom is -0.493 e. The second-order valence-electron chi connectivity index (χ2n) is 6.69. The lowest BCUT2D eigenvalue weighted by atomic mass is 9.77. The average Bonchev–Trinajstić information content (AvgIpc) is 3.32. The molecule has 0 saturated carbocycles. The van der Waals surface area contributed by atoms with Gasteiger partial charge in [-0.05, 0) is 35.7 Å². The third-order valence-corrected chi connectivity index (χ3v) is 5.33. The van der Waals surface area contributed by atoms with E-state index in [2.05, 4.69) is 0 Å². The molecule has 2 aromatic rings. The van der Waals surface area contributed by atoms with Gasteiger partial charge in [0.1, 0.15) is 0 Å². The first-order chi connectivity index (χ1) is 13.2. The summed E-state index contributed by atoms with van der Waals surface area (Å²) in [5.74, 6) is 2.37. The number of carbonyl (C=O) groups is 1. The normalized spacial score (nSPS) is 19.5. The molecule has 2 heterocycles. The van der Waals surface area contributed by atoms with E-state index in [-0.39, 0.29) is 18.7 Å². The Hall–Kier alpha value is -3.15. The summed E-state index contributed by atoms with van der Waals surface area (Å²) < 4.78 is 27.5. The van der Waals surface area contributed by atoms with Crippen LogP contribution < -0.4 is 18.9 Å². The zero-order valence-electron chi connectivity index (χ0n) is 15.0. The molecule has 0 spiro atoms. The lowest BCUT2D eigenvalue weighted by Gasteiger charge is -2.25. The first-order valence-corrected chi connectivity index (χ1v) is 8.76. The van der Waals surface area contributed by atoms with Gasteiger partial charge >= 0.3 is 5.97 Å². The molecule has 27 heavy (non-hydrogen) atoms. The molecule has 0 radical (unpaired) electrons. The number of fused-ring (bicyclic) bond motifs is 4. The molecule has 6 heteroatoms. The lowest BCUT2D eigenvalue weighted by Crippen LogP contribution is -2.17. The topological polar surface area (TPSA) is 63.2 Å². The molecule has 5 rings (SSSR count). The molecule has 0 bridgehead atoms. The Kier molecular flexibility index (Phi) is 3.53.